The largest absolute Gasteiger partial charge is 0.497 e. The van der Waals surface area contributed by atoms with Crippen LogP contribution in [0.2, 0.25) is 0 Å². The Labute approximate surface area is 206 Å². The van der Waals surface area contributed by atoms with Gasteiger partial charge in [0.25, 0.3) is 0 Å². The monoisotopic (exact) mass is 470 g/mol. The summed E-state index contributed by atoms with van der Waals surface area (Å²) in [6, 6.07) is 22.6. The van der Waals surface area contributed by atoms with Crippen LogP contribution >= 0.6 is 0 Å². The maximum Gasteiger partial charge on any atom is 0.250 e. The zero-order valence-corrected chi connectivity index (χ0v) is 20.3. The van der Waals surface area contributed by atoms with E-state index in [1.54, 1.807) is 31.4 Å². The lowest BCUT2D eigenvalue weighted by Gasteiger charge is -2.29. The molecule has 1 aliphatic heterocycles. The molecule has 0 radical (unpaired) electrons. The maximum atomic E-state index is 13.2. The molecule has 4 rings (SSSR count). The highest BCUT2D eigenvalue weighted by Gasteiger charge is 2.28. The Kier molecular flexibility index (Phi) is 7.42. The highest BCUT2D eigenvalue weighted by Crippen LogP contribution is 2.31. The fourth-order valence-corrected chi connectivity index (χ4v) is 4.23. The number of rotatable bonds is 9. The van der Waals surface area contributed by atoms with E-state index in [2.05, 4.69) is 19.2 Å². The highest BCUT2D eigenvalue weighted by molar-refractivity contribution is 6.17. The number of carbonyl (C=O) groups is 2. The molecule has 0 unspecified atom stereocenters. The summed E-state index contributed by atoms with van der Waals surface area (Å²) in [5.74, 6) is 0.402. The summed E-state index contributed by atoms with van der Waals surface area (Å²) >= 11 is 0. The number of hydrogen-bond donors (Lipinski definition) is 1. The Morgan fingerprint density at radius 1 is 1.00 bits per heavy atom. The molecule has 0 aromatic heterocycles. The number of carbonyl (C=O) groups excluding carboxylic acids is 2. The molecule has 3 aromatic rings. The molecule has 3 aromatic carbocycles. The average molecular weight is 471 g/mol. The minimum absolute atomic E-state index is 0.0633. The van der Waals surface area contributed by atoms with Crippen LogP contribution in [0.25, 0.3) is 0 Å². The van der Waals surface area contributed by atoms with E-state index in [0.29, 0.717) is 17.9 Å². The second-order valence-corrected chi connectivity index (χ2v) is 9.28. The molecule has 1 heterocycles. The number of hydrogen-bond acceptors (Lipinski definition) is 5. The second-order valence-electron chi connectivity index (χ2n) is 9.28. The molecule has 0 bridgehead atoms. The lowest BCUT2D eigenvalue weighted by Crippen LogP contribution is -2.30. The first-order chi connectivity index (χ1) is 16.8. The van der Waals surface area contributed by atoms with Crippen molar-refractivity contribution in [1.82, 2.24) is 0 Å². The molecule has 6 nitrogen and oxygen atoms in total. The van der Waals surface area contributed by atoms with Crippen molar-refractivity contribution >= 4 is 23.1 Å². The van der Waals surface area contributed by atoms with Crippen molar-refractivity contribution in [2.24, 2.45) is 4.99 Å². The normalized spacial score (nSPS) is 14.0. The van der Waals surface area contributed by atoms with Crippen molar-refractivity contribution in [3.05, 3.63) is 95.1 Å². The molecule has 0 spiro atoms. The van der Waals surface area contributed by atoms with E-state index in [0.717, 1.165) is 34.6 Å². The van der Waals surface area contributed by atoms with Gasteiger partial charge in [-0.05, 0) is 55.7 Å². The van der Waals surface area contributed by atoms with Gasteiger partial charge in [0.15, 0.2) is 5.78 Å². The maximum absolute atomic E-state index is 13.2. The summed E-state index contributed by atoms with van der Waals surface area (Å²) in [6.07, 6.45) is 0.971. The third-order valence-corrected chi connectivity index (χ3v) is 5.83. The van der Waals surface area contributed by atoms with Crippen molar-refractivity contribution in [1.29, 1.82) is 0 Å². The number of nitrogens with zero attached hydrogens (tertiary/aromatic N) is 1. The molecule has 180 valence electrons. The quantitative estimate of drug-likeness (QED) is 0.434. The minimum atomic E-state index is -0.285. The molecule has 1 aliphatic rings. The first kappa shape index (κ1) is 24.4. The zero-order chi connectivity index (χ0) is 24.8. The standard InChI is InChI=1S/C29H30N2O4/c1-29(2)17-22-12-13-24(34-3)15-25(22)26(31-29)16-27(32)21-10-7-11-23(14-21)30-28(33)19-35-18-20-8-5-4-6-9-20/h4-15H,16-19H2,1-3H3,(H,30,33). The molecule has 0 fully saturated rings. The van der Waals surface area contributed by atoms with Gasteiger partial charge in [-0.1, -0.05) is 48.5 Å². The molecule has 1 N–H and O–H groups in total. The van der Waals surface area contributed by atoms with Crippen LogP contribution in [0.1, 0.15) is 47.3 Å². The lowest BCUT2D eigenvalue weighted by atomic mass is 9.85. The van der Waals surface area contributed by atoms with Crippen LogP contribution < -0.4 is 10.1 Å². The summed E-state index contributed by atoms with van der Waals surface area (Å²) in [7, 11) is 1.63. The van der Waals surface area contributed by atoms with Gasteiger partial charge in [-0.2, -0.15) is 0 Å². The molecule has 0 saturated carbocycles. The van der Waals surface area contributed by atoms with Gasteiger partial charge in [0.1, 0.15) is 12.4 Å². The van der Waals surface area contributed by atoms with E-state index in [1.807, 2.05) is 48.5 Å². The Morgan fingerprint density at radius 3 is 2.57 bits per heavy atom. The van der Waals surface area contributed by atoms with Crippen LogP contribution in [0.15, 0.2) is 77.8 Å². The van der Waals surface area contributed by atoms with E-state index >= 15 is 0 Å². The number of ether oxygens (including phenoxy) is 2. The van der Waals surface area contributed by atoms with Crippen molar-refractivity contribution in [2.45, 2.75) is 38.8 Å². The second kappa shape index (κ2) is 10.7. The third-order valence-electron chi connectivity index (χ3n) is 5.83. The fourth-order valence-electron chi connectivity index (χ4n) is 4.23. The third kappa shape index (κ3) is 6.43. The zero-order valence-electron chi connectivity index (χ0n) is 20.3. The van der Waals surface area contributed by atoms with Gasteiger partial charge >= 0.3 is 0 Å². The number of nitrogens with one attached hydrogen (secondary N) is 1. The summed E-state index contributed by atoms with van der Waals surface area (Å²) < 4.78 is 10.9. The van der Waals surface area contributed by atoms with Crippen molar-refractivity contribution < 1.29 is 19.1 Å². The number of benzene rings is 3. The SMILES string of the molecule is COc1ccc2c(c1)C(CC(=O)c1cccc(NC(=O)COCc3ccccc3)c1)=NC(C)(C)C2. The fraction of sp³-hybridized carbons (Fsp3) is 0.276. The molecule has 0 saturated heterocycles. The van der Waals surface area contributed by atoms with Crippen molar-refractivity contribution in [2.75, 3.05) is 19.0 Å². The van der Waals surface area contributed by atoms with Crippen LogP contribution in [0.4, 0.5) is 5.69 Å². The molecule has 1 amide bonds. The molecular formula is C29H30N2O4. The van der Waals surface area contributed by atoms with Crippen LogP contribution in [0, 0.1) is 0 Å². The van der Waals surface area contributed by atoms with Crippen molar-refractivity contribution in [3.8, 4) is 5.75 Å². The molecule has 6 heteroatoms. The van der Waals surface area contributed by atoms with Crippen LogP contribution in [0.3, 0.4) is 0 Å². The van der Waals surface area contributed by atoms with Crippen LogP contribution in [-0.2, 0) is 22.6 Å². The predicted molar refractivity (Wildman–Crippen MR) is 137 cm³/mol. The van der Waals surface area contributed by atoms with Gasteiger partial charge in [0.2, 0.25) is 5.91 Å². The lowest BCUT2D eigenvalue weighted by molar-refractivity contribution is -0.121. The van der Waals surface area contributed by atoms with E-state index in [9.17, 15) is 9.59 Å². The van der Waals surface area contributed by atoms with E-state index in [1.165, 1.54) is 0 Å². The number of Topliss-reactive ketones (excluding diaryl/α,β-unsaturated/α-hetero) is 1. The van der Waals surface area contributed by atoms with Crippen molar-refractivity contribution in [3.63, 3.8) is 0 Å². The summed E-state index contributed by atoms with van der Waals surface area (Å²) in [4.78, 5) is 30.4. The summed E-state index contributed by atoms with van der Waals surface area (Å²) in [6.45, 7) is 4.43. The number of anilines is 1. The topological polar surface area (TPSA) is 77.0 Å². The Bertz CT molecular complexity index is 1250. The van der Waals surface area contributed by atoms with Gasteiger partial charge in [0.05, 0.1) is 31.4 Å². The Balaban J connectivity index is 1.41. The van der Waals surface area contributed by atoms with Gasteiger partial charge < -0.3 is 14.8 Å². The summed E-state index contributed by atoms with van der Waals surface area (Å²) in [5, 5.41) is 2.81. The molecule has 35 heavy (non-hydrogen) atoms. The highest BCUT2D eigenvalue weighted by atomic mass is 16.5. The molecule has 0 atom stereocenters. The average Bonchev–Trinajstić information content (AvgIpc) is 2.84. The summed E-state index contributed by atoms with van der Waals surface area (Å²) in [5.41, 5.74) is 4.65. The number of ketones is 1. The number of methoxy groups -OCH3 is 1. The number of aliphatic imine (C=N–C) groups is 1. The minimum Gasteiger partial charge on any atom is -0.497 e. The van der Waals surface area contributed by atoms with Crippen LogP contribution in [-0.4, -0.2) is 36.7 Å². The van der Waals surface area contributed by atoms with E-state index in [4.69, 9.17) is 14.5 Å². The first-order valence-electron chi connectivity index (χ1n) is 11.6. The molecular weight excluding hydrogens is 440 g/mol. The predicted octanol–water partition coefficient (Wildman–Crippen LogP) is 5.25. The smallest absolute Gasteiger partial charge is 0.250 e. The first-order valence-corrected chi connectivity index (χ1v) is 11.6. The number of amides is 1. The van der Waals surface area contributed by atoms with Gasteiger partial charge in [0, 0.05) is 16.8 Å². The van der Waals surface area contributed by atoms with E-state index in [-0.39, 0.29) is 30.3 Å². The number of fused-ring (bicyclic) bond motifs is 1. The van der Waals surface area contributed by atoms with Crippen LogP contribution in [0.5, 0.6) is 5.75 Å². The Hall–Kier alpha value is -3.77. The van der Waals surface area contributed by atoms with E-state index < -0.39 is 0 Å². The van der Waals surface area contributed by atoms with Gasteiger partial charge in [-0.15, -0.1) is 0 Å². The van der Waals surface area contributed by atoms with Gasteiger partial charge in [-0.3, -0.25) is 14.6 Å². The van der Waals surface area contributed by atoms with Gasteiger partial charge in [-0.25, -0.2) is 0 Å². The Morgan fingerprint density at radius 2 is 1.80 bits per heavy atom. The molecule has 0 aliphatic carbocycles.